The minimum Gasteiger partial charge on any atom is -0.469 e. The molecule has 0 bridgehead atoms. The van der Waals surface area contributed by atoms with Crippen molar-refractivity contribution in [3.63, 3.8) is 0 Å². The maximum absolute atomic E-state index is 12.3. The lowest BCUT2D eigenvalue weighted by atomic mass is 10.2. The summed E-state index contributed by atoms with van der Waals surface area (Å²) in [5.41, 5.74) is 0.169. The maximum Gasteiger partial charge on any atom is 0.307 e. The zero-order valence-corrected chi connectivity index (χ0v) is 12.6. The van der Waals surface area contributed by atoms with Crippen molar-refractivity contribution in [2.75, 3.05) is 20.2 Å². The summed E-state index contributed by atoms with van der Waals surface area (Å²) in [7, 11) is 1.32. The number of carbonyl (C=O) groups is 2. The van der Waals surface area contributed by atoms with E-state index in [-0.39, 0.29) is 41.6 Å². The van der Waals surface area contributed by atoms with Crippen molar-refractivity contribution in [3.05, 3.63) is 23.2 Å². The fourth-order valence-electron chi connectivity index (χ4n) is 1.65. The number of amides is 1. The van der Waals surface area contributed by atoms with Gasteiger partial charge in [-0.1, -0.05) is 25.4 Å². The molecular weight excluding hydrogens is 282 g/mol. The topological polar surface area (TPSA) is 72.4 Å². The van der Waals surface area contributed by atoms with Gasteiger partial charge in [-0.15, -0.1) is 0 Å². The Balaban J connectivity index is 2.81. The van der Waals surface area contributed by atoms with Crippen LogP contribution >= 0.6 is 11.6 Å². The second kappa shape index (κ2) is 7.79. The first-order valence-corrected chi connectivity index (χ1v) is 6.65. The molecule has 1 amide bonds. The number of ether oxygens (including phenoxy) is 1. The van der Waals surface area contributed by atoms with Crippen LogP contribution in [0.25, 0.3) is 0 Å². The van der Waals surface area contributed by atoms with Gasteiger partial charge >= 0.3 is 5.97 Å². The molecule has 0 N–H and O–H groups in total. The van der Waals surface area contributed by atoms with Gasteiger partial charge in [0, 0.05) is 13.1 Å². The van der Waals surface area contributed by atoms with Gasteiger partial charge in [0.05, 0.1) is 25.9 Å². The number of carbonyl (C=O) groups excluding carboxylic acids is 2. The molecule has 0 aromatic carbocycles. The molecule has 0 radical (unpaired) electrons. The number of methoxy groups -OCH3 is 1. The molecule has 0 fully saturated rings. The Morgan fingerprint density at radius 3 is 2.65 bits per heavy atom. The Morgan fingerprint density at radius 1 is 1.40 bits per heavy atom. The molecular formula is C13H18ClN3O3. The lowest BCUT2D eigenvalue weighted by molar-refractivity contribution is -0.140. The van der Waals surface area contributed by atoms with E-state index in [9.17, 15) is 9.59 Å². The van der Waals surface area contributed by atoms with Crippen LogP contribution in [-0.4, -0.2) is 46.9 Å². The van der Waals surface area contributed by atoms with Crippen molar-refractivity contribution in [1.82, 2.24) is 14.9 Å². The molecule has 1 aromatic rings. The number of aromatic nitrogens is 2. The standard InChI is InChI=1S/C13H18ClN3O3/c1-9(2)8-17(5-4-12(18)20-3)13(19)10-6-15-7-11(14)16-10/h6-7,9H,4-5,8H2,1-3H3. The van der Waals surface area contributed by atoms with E-state index in [1.165, 1.54) is 19.5 Å². The summed E-state index contributed by atoms with van der Waals surface area (Å²) in [6.45, 7) is 4.77. The predicted molar refractivity (Wildman–Crippen MR) is 74.4 cm³/mol. The number of nitrogens with zero attached hydrogens (tertiary/aromatic N) is 3. The van der Waals surface area contributed by atoms with E-state index in [0.717, 1.165) is 0 Å². The van der Waals surface area contributed by atoms with E-state index in [2.05, 4.69) is 14.7 Å². The van der Waals surface area contributed by atoms with Crippen LogP contribution in [0.5, 0.6) is 0 Å². The second-order valence-corrected chi connectivity index (χ2v) is 5.09. The number of rotatable bonds is 6. The highest BCUT2D eigenvalue weighted by atomic mass is 35.5. The molecule has 0 saturated heterocycles. The zero-order valence-electron chi connectivity index (χ0n) is 11.8. The Labute approximate surface area is 123 Å². The fraction of sp³-hybridized carbons (Fsp3) is 0.538. The summed E-state index contributed by atoms with van der Waals surface area (Å²) in [6.07, 6.45) is 2.86. The van der Waals surface area contributed by atoms with E-state index < -0.39 is 0 Å². The predicted octanol–water partition coefficient (Wildman–Crippen LogP) is 1.79. The number of esters is 1. The summed E-state index contributed by atoms with van der Waals surface area (Å²) in [4.78, 5) is 32.9. The number of hydrogen-bond donors (Lipinski definition) is 0. The van der Waals surface area contributed by atoms with Crippen LogP contribution < -0.4 is 0 Å². The van der Waals surface area contributed by atoms with Crippen LogP contribution in [0.3, 0.4) is 0 Å². The first-order valence-electron chi connectivity index (χ1n) is 6.27. The van der Waals surface area contributed by atoms with Crippen LogP contribution in [-0.2, 0) is 9.53 Å². The molecule has 0 aliphatic carbocycles. The van der Waals surface area contributed by atoms with Crippen LogP contribution in [0.15, 0.2) is 12.4 Å². The quantitative estimate of drug-likeness (QED) is 0.749. The largest absolute Gasteiger partial charge is 0.469 e. The van der Waals surface area contributed by atoms with E-state index >= 15 is 0 Å². The maximum atomic E-state index is 12.3. The minimum atomic E-state index is -0.358. The smallest absolute Gasteiger partial charge is 0.307 e. The van der Waals surface area contributed by atoms with Gasteiger partial charge < -0.3 is 9.64 Å². The summed E-state index contributed by atoms with van der Waals surface area (Å²) in [5.74, 6) is -0.384. The fourth-order valence-corrected chi connectivity index (χ4v) is 1.80. The van der Waals surface area contributed by atoms with E-state index in [0.29, 0.717) is 6.54 Å². The minimum absolute atomic E-state index is 0.142. The van der Waals surface area contributed by atoms with Gasteiger partial charge in [0.1, 0.15) is 10.8 Å². The molecule has 1 heterocycles. The van der Waals surface area contributed by atoms with Gasteiger partial charge in [-0.05, 0) is 5.92 Å². The SMILES string of the molecule is COC(=O)CCN(CC(C)C)C(=O)c1cncc(Cl)n1. The van der Waals surface area contributed by atoms with E-state index in [1.54, 1.807) is 4.90 Å². The molecule has 0 aliphatic heterocycles. The molecule has 1 rings (SSSR count). The van der Waals surface area contributed by atoms with Gasteiger partial charge in [0.15, 0.2) is 0 Å². The van der Waals surface area contributed by atoms with Gasteiger partial charge in [0.25, 0.3) is 5.91 Å². The van der Waals surface area contributed by atoms with Gasteiger partial charge in [0.2, 0.25) is 0 Å². The van der Waals surface area contributed by atoms with Crippen molar-refractivity contribution in [2.24, 2.45) is 5.92 Å². The van der Waals surface area contributed by atoms with Gasteiger partial charge in [-0.3, -0.25) is 14.6 Å². The number of hydrogen-bond acceptors (Lipinski definition) is 5. The van der Waals surface area contributed by atoms with Crippen LogP contribution in [0.1, 0.15) is 30.8 Å². The number of halogens is 1. The Bertz CT molecular complexity index is 480. The highest BCUT2D eigenvalue weighted by molar-refractivity contribution is 6.29. The van der Waals surface area contributed by atoms with Crippen LogP contribution in [0.4, 0.5) is 0 Å². The van der Waals surface area contributed by atoms with Gasteiger partial charge in [-0.2, -0.15) is 0 Å². The average molecular weight is 300 g/mol. The highest BCUT2D eigenvalue weighted by Crippen LogP contribution is 2.09. The van der Waals surface area contributed by atoms with E-state index in [4.69, 9.17) is 11.6 Å². The molecule has 0 atom stereocenters. The summed E-state index contributed by atoms with van der Waals surface area (Å²) in [5, 5.41) is 0.160. The Hall–Kier alpha value is -1.69. The van der Waals surface area contributed by atoms with Crippen molar-refractivity contribution in [2.45, 2.75) is 20.3 Å². The third kappa shape index (κ3) is 5.13. The molecule has 0 saturated carbocycles. The summed E-state index contributed by atoms with van der Waals surface area (Å²) in [6, 6.07) is 0. The van der Waals surface area contributed by atoms with Crippen molar-refractivity contribution in [3.8, 4) is 0 Å². The first kappa shape index (κ1) is 16.4. The van der Waals surface area contributed by atoms with Crippen molar-refractivity contribution < 1.29 is 14.3 Å². The monoisotopic (exact) mass is 299 g/mol. The molecule has 7 heteroatoms. The second-order valence-electron chi connectivity index (χ2n) is 4.70. The molecule has 1 aromatic heterocycles. The average Bonchev–Trinajstić information content (AvgIpc) is 2.41. The van der Waals surface area contributed by atoms with Crippen LogP contribution in [0, 0.1) is 5.92 Å². The molecule has 0 aliphatic rings. The third-order valence-electron chi connectivity index (χ3n) is 2.51. The zero-order chi connectivity index (χ0) is 15.1. The molecule has 20 heavy (non-hydrogen) atoms. The molecule has 0 spiro atoms. The van der Waals surface area contributed by atoms with E-state index in [1.807, 2.05) is 13.8 Å². The first-order chi connectivity index (χ1) is 9.43. The van der Waals surface area contributed by atoms with Crippen LogP contribution in [0.2, 0.25) is 5.15 Å². The normalized spacial score (nSPS) is 10.4. The molecule has 6 nitrogen and oxygen atoms in total. The lowest BCUT2D eigenvalue weighted by Gasteiger charge is -2.23. The summed E-state index contributed by atoms with van der Waals surface area (Å²) < 4.78 is 4.58. The Morgan fingerprint density at radius 2 is 2.10 bits per heavy atom. The van der Waals surface area contributed by atoms with Crippen molar-refractivity contribution in [1.29, 1.82) is 0 Å². The summed E-state index contributed by atoms with van der Waals surface area (Å²) >= 11 is 5.73. The lowest BCUT2D eigenvalue weighted by Crippen LogP contribution is -2.36. The van der Waals surface area contributed by atoms with Gasteiger partial charge in [-0.25, -0.2) is 4.98 Å². The van der Waals surface area contributed by atoms with Crippen molar-refractivity contribution >= 4 is 23.5 Å². The Kier molecular flexibility index (Phi) is 6.38. The molecule has 0 unspecified atom stereocenters. The third-order valence-corrected chi connectivity index (χ3v) is 2.69. The molecule has 110 valence electrons. The highest BCUT2D eigenvalue weighted by Gasteiger charge is 2.19.